The number of methoxy groups -OCH3 is 1. The highest BCUT2D eigenvalue weighted by Gasteiger charge is 2.20. The molecule has 0 saturated heterocycles. The van der Waals surface area contributed by atoms with Crippen LogP contribution in [0.1, 0.15) is 6.92 Å². The molecule has 0 radical (unpaired) electrons. The summed E-state index contributed by atoms with van der Waals surface area (Å²) < 4.78 is 10.3. The molecule has 0 amide bonds. The molecule has 0 bridgehead atoms. The number of rotatable bonds is 5. The second kappa shape index (κ2) is 5.33. The van der Waals surface area contributed by atoms with Crippen molar-refractivity contribution in [3.63, 3.8) is 0 Å². The van der Waals surface area contributed by atoms with Crippen LogP contribution in [0, 0.1) is 21.4 Å². The van der Waals surface area contributed by atoms with E-state index in [4.69, 9.17) is 20.5 Å². The third-order valence-electron chi connectivity index (χ3n) is 2.14. The van der Waals surface area contributed by atoms with Gasteiger partial charge in [0.05, 0.1) is 24.2 Å². The summed E-state index contributed by atoms with van der Waals surface area (Å²) in [5, 5.41) is 19.3. The van der Waals surface area contributed by atoms with Gasteiger partial charge in [-0.15, -0.1) is 0 Å². The molecule has 0 aliphatic rings. The smallest absolute Gasteiger partial charge is 0.273 e. The lowest BCUT2D eigenvalue weighted by atomic mass is 10.1. The summed E-state index contributed by atoms with van der Waals surface area (Å²) in [4.78, 5) is 10.1. The van der Waals surface area contributed by atoms with E-state index < -0.39 is 10.5 Å². The zero-order valence-electron chi connectivity index (χ0n) is 10.0. The molecule has 96 valence electrons. The maximum Gasteiger partial charge on any atom is 0.273 e. The van der Waals surface area contributed by atoms with Crippen molar-refractivity contribution >= 4 is 5.69 Å². The van der Waals surface area contributed by atoms with Crippen molar-refractivity contribution in [2.24, 2.45) is 5.73 Å². The molecule has 1 atom stereocenters. The van der Waals surface area contributed by atoms with Crippen LogP contribution in [0.2, 0.25) is 0 Å². The predicted molar refractivity (Wildman–Crippen MR) is 63.3 cm³/mol. The molecule has 0 spiro atoms. The molecule has 1 aromatic rings. The van der Waals surface area contributed by atoms with Crippen molar-refractivity contribution in [1.82, 2.24) is 0 Å². The Morgan fingerprint density at radius 3 is 2.72 bits per heavy atom. The lowest BCUT2D eigenvalue weighted by Gasteiger charge is -2.17. The van der Waals surface area contributed by atoms with E-state index in [2.05, 4.69) is 0 Å². The quantitative estimate of drug-likeness (QED) is 0.622. The molecular weight excluding hydrogens is 238 g/mol. The van der Waals surface area contributed by atoms with Crippen LogP contribution in [0.3, 0.4) is 0 Å². The number of nitriles is 1. The normalized spacial score (nSPS) is 13.2. The molecule has 0 aliphatic heterocycles. The third-order valence-corrected chi connectivity index (χ3v) is 2.14. The summed E-state index contributed by atoms with van der Waals surface area (Å²) >= 11 is 0. The molecule has 18 heavy (non-hydrogen) atoms. The minimum Gasteiger partial charge on any atom is -0.493 e. The number of non-ortho nitro benzene ring substituents is 1. The Bertz CT molecular complexity index is 494. The van der Waals surface area contributed by atoms with Crippen LogP contribution >= 0.6 is 0 Å². The van der Waals surface area contributed by atoms with Gasteiger partial charge in [0.25, 0.3) is 5.69 Å². The van der Waals surface area contributed by atoms with E-state index in [0.29, 0.717) is 5.75 Å². The first kappa shape index (κ1) is 13.7. The molecule has 2 N–H and O–H groups in total. The highest BCUT2D eigenvalue weighted by molar-refractivity contribution is 5.48. The zero-order chi connectivity index (χ0) is 13.8. The number of nitro benzene ring substituents is 1. The lowest BCUT2D eigenvalue weighted by molar-refractivity contribution is -0.384. The van der Waals surface area contributed by atoms with Crippen LogP contribution in [0.15, 0.2) is 18.2 Å². The van der Waals surface area contributed by atoms with Gasteiger partial charge in [-0.3, -0.25) is 10.1 Å². The minimum absolute atomic E-state index is 0.0440. The fraction of sp³-hybridized carbons (Fsp3) is 0.364. The second-order valence-electron chi connectivity index (χ2n) is 3.91. The van der Waals surface area contributed by atoms with Gasteiger partial charge in [0.15, 0.2) is 11.5 Å². The van der Waals surface area contributed by atoms with E-state index in [9.17, 15) is 10.1 Å². The van der Waals surface area contributed by atoms with Crippen molar-refractivity contribution in [2.45, 2.75) is 12.5 Å². The average Bonchev–Trinajstić information content (AvgIpc) is 2.36. The van der Waals surface area contributed by atoms with E-state index in [1.807, 2.05) is 6.07 Å². The maximum absolute atomic E-state index is 10.6. The summed E-state index contributed by atoms with van der Waals surface area (Å²) in [6.45, 7) is 1.47. The molecule has 1 rings (SSSR count). The Hall–Kier alpha value is -2.33. The highest BCUT2D eigenvalue weighted by Crippen LogP contribution is 2.31. The molecule has 0 heterocycles. The van der Waals surface area contributed by atoms with Gasteiger partial charge in [0, 0.05) is 6.07 Å². The highest BCUT2D eigenvalue weighted by atomic mass is 16.6. The van der Waals surface area contributed by atoms with E-state index >= 15 is 0 Å². The standard InChI is InChI=1S/C11H13N3O4/c1-11(13,6-12)7-18-9-4-3-8(14(15)16)5-10(9)17-2/h3-5H,7,13H2,1-2H3. The Kier molecular flexibility index (Phi) is 4.07. The Morgan fingerprint density at radius 1 is 1.56 bits per heavy atom. The van der Waals surface area contributed by atoms with Gasteiger partial charge in [0.2, 0.25) is 0 Å². The van der Waals surface area contributed by atoms with Gasteiger partial charge >= 0.3 is 0 Å². The van der Waals surface area contributed by atoms with Crippen LogP contribution < -0.4 is 15.2 Å². The third kappa shape index (κ3) is 3.33. The van der Waals surface area contributed by atoms with Gasteiger partial charge in [-0.05, 0) is 13.0 Å². The van der Waals surface area contributed by atoms with Gasteiger partial charge in [-0.2, -0.15) is 5.26 Å². The SMILES string of the molecule is COc1cc([N+](=O)[O-])ccc1OCC(C)(N)C#N. The van der Waals surface area contributed by atoms with Gasteiger partial charge in [0.1, 0.15) is 12.1 Å². The van der Waals surface area contributed by atoms with Crippen molar-refractivity contribution in [3.8, 4) is 17.6 Å². The van der Waals surface area contributed by atoms with E-state index in [-0.39, 0.29) is 18.0 Å². The van der Waals surface area contributed by atoms with Crippen LogP contribution in [-0.4, -0.2) is 24.2 Å². The number of nitro groups is 1. The number of ether oxygens (including phenoxy) is 2. The van der Waals surface area contributed by atoms with Crippen molar-refractivity contribution in [2.75, 3.05) is 13.7 Å². The first-order valence-electron chi connectivity index (χ1n) is 5.05. The summed E-state index contributed by atoms with van der Waals surface area (Å²) in [5.74, 6) is 0.521. The zero-order valence-corrected chi connectivity index (χ0v) is 10.0. The molecule has 0 aliphatic carbocycles. The van der Waals surface area contributed by atoms with E-state index in [1.165, 1.54) is 32.2 Å². The molecule has 7 heteroatoms. The summed E-state index contributed by atoms with van der Waals surface area (Å²) in [5.41, 5.74) is 4.36. The first-order valence-corrected chi connectivity index (χ1v) is 5.05. The fourth-order valence-electron chi connectivity index (χ4n) is 1.15. The largest absolute Gasteiger partial charge is 0.493 e. The molecule has 0 aromatic heterocycles. The number of hydrogen-bond donors (Lipinski definition) is 1. The van der Waals surface area contributed by atoms with E-state index in [0.717, 1.165) is 0 Å². The number of nitrogens with two attached hydrogens (primary N) is 1. The lowest BCUT2D eigenvalue weighted by Crippen LogP contribution is -2.40. The summed E-state index contributed by atoms with van der Waals surface area (Å²) in [6.07, 6.45) is 0. The Morgan fingerprint density at radius 2 is 2.22 bits per heavy atom. The molecule has 1 aromatic carbocycles. The van der Waals surface area contributed by atoms with Crippen LogP contribution in [-0.2, 0) is 0 Å². The number of hydrogen-bond acceptors (Lipinski definition) is 6. The predicted octanol–water partition coefficient (Wildman–Crippen LogP) is 1.22. The maximum atomic E-state index is 10.6. The topological polar surface area (TPSA) is 111 Å². The number of nitrogens with zero attached hydrogens (tertiary/aromatic N) is 2. The van der Waals surface area contributed by atoms with Crippen LogP contribution in [0.5, 0.6) is 11.5 Å². The summed E-state index contributed by atoms with van der Waals surface area (Å²) in [6, 6.07) is 5.82. The van der Waals surface area contributed by atoms with Gasteiger partial charge in [-0.1, -0.05) is 0 Å². The van der Waals surface area contributed by atoms with Crippen LogP contribution in [0.4, 0.5) is 5.69 Å². The number of benzene rings is 1. The van der Waals surface area contributed by atoms with Crippen molar-refractivity contribution < 1.29 is 14.4 Å². The second-order valence-corrected chi connectivity index (χ2v) is 3.91. The first-order chi connectivity index (χ1) is 8.39. The molecular formula is C11H13N3O4. The van der Waals surface area contributed by atoms with E-state index in [1.54, 1.807) is 0 Å². The molecule has 0 fully saturated rings. The monoisotopic (exact) mass is 251 g/mol. The Labute approximate surface area is 104 Å². The fourth-order valence-corrected chi connectivity index (χ4v) is 1.15. The molecule has 1 unspecified atom stereocenters. The van der Waals surface area contributed by atoms with Crippen molar-refractivity contribution in [3.05, 3.63) is 28.3 Å². The molecule has 0 saturated carbocycles. The van der Waals surface area contributed by atoms with Crippen molar-refractivity contribution in [1.29, 1.82) is 5.26 Å². The van der Waals surface area contributed by atoms with Gasteiger partial charge in [-0.25, -0.2) is 0 Å². The van der Waals surface area contributed by atoms with Gasteiger partial charge < -0.3 is 15.2 Å². The Balaban J connectivity index is 2.91. The average molecular weight is 251 g/mol. The minimum atomic E-state index is -1.13. The summed E-state index contributed by atoms with van der Waals surface area (Å²) in [7, 11) is 1.37. The van der Waals surface area contributed by atoms with Crippen LogP contribution in [0.25, 0.3) is 0 Å². The molecule has 7 nitrogen and oxygen atoms in total.